The molecule has 2 aromatic heterocycles. The number of rotatable bonds is 3. The van der Waals surface area contributed by atoms with Gasteiger partial charge in [0.05, 0.1) is 27.5 Å². The molecule has 0 spiro atoms. The highest BCUT2D eigenvalue weighted by Gasteiger charge is 2.17. The lowest BCUT2D eigenvalue weighted by molar-refractivity contribution is 0.0697. The van der Waals surface area contributed by atoms with Gasteiger partial charge in [-0.25, -0.2) is 9.78 Å². The van der Waals surface area contributed by atoms with Crippen molar-refractivity contribution >= 4 is 63.4 Å². The van der Waals surface area contributed by atoms with Gasteiger partial charge in [0.1, 0.15) is 22.4 Å². The molecule has 21 heavy (non-hydrogen) atoms. The van der Waals surface area contributed by atoms with Gasteiger partial charge in [0.2, 0.25) is 0 Å². The van der Waals surface area contributed by atoms with E-state index in [1.165, 1.54) is 24.4 Å². The second-order valence-electron chi connectivity index (χ2n) is 4.01. The van der Waals surface area contributed by atoms with Crippen LogP contribution in [0.5, 0.6) is 0 Å². The first-order valence-corrected chi connectivity index (χ1v) is 7.12. The molecule has 9 heteroatoms. The molecule has 0 fully saturated rings. The molecule has 0 saturated heterocycles. The Balaban J connectivity index is 2.15. The van der Waals surface area contributed by atoms with Crippen LogP contribution in [0.15, 0.2) is 24.4 Å². The first kappa shape index (κ1) is 14.0. The molecule has 106 valence electrons. The highest BCUT2D eigenvalue weighted by atomic mass is 35.5. The third kappa shape index (κ3) is 2.51. The van der Waals surface area contributed by atoms with Crippen molar-refractivity contribution in [2.45, 2.75) is 0 Å². The number of nitrogens with one attached hydrogen (secondary N) is 1. The topological polar surface area (TPSA) is 88.0 Å². The molecule has 3 rings (SSSR count). The maximum atomic E-state index is 11.2. The molecule has 0 unspecified atom stereocenters. The fourth-order valence-corrected chi connectivity index (χ4v) is 2.95. The average molecular weight is 341 g/mol. The van der Waals surface area contributed by atoms with Crippen LogP contribution in [0.25, 0.3) is 11.0 Å². The van der Waals surface area contributed by atoms with Crippen LogP contribution >= 0.6 is 34.9 Å². The van der Waals surface area contributed by atoms with Gasteiger partial charge < -0.3 is 10.4 Å². The molecular weight excluding hydrogens is 335 g/mol. The zero-order chi connectivity index (χ0) is 15.0. The van der Waals surface area contributed by atoms with E-state index in [2.05, 4.69) is 19.0 Å². The summed E-state index contributed by atoms with van der Waals surface area (Å²) in [6.45, 7) is 0. The zero-order valence-electron chi connectivity index (χ0n) is 10.2. The van der Waals surface area contributed by atoms with Crippen molar-refractivity contribution in [2.75, 3.05) is 5.32 Å². The summed E-state index contributed by atoms with van der Waals surface area (Å²) in [5.41, 5.74) is 1.42. The Hall–Kier alpha value is -1.96. The molecule has 0 atom stereocenters. The van der Waals surface area contributed by atoms with E-state index >= 15 is 0 Å². The number of anilines is 2. The lowest BCUT2D eigenvalue weighted by Gasteiger charge is -2.10. The van der Waals surface area contributed by atoms with Crippen LogP contribution in [0.2, 0.25) is 10.0 Å². The number of fused-ring (bicyclic) bond motifs is 1. The van der Waals surface area contributed by atoms with Gasteiger partial charge in [-0.05, 0) is 18.2 Å². The Kier molecular flexibility index (Phi) is 3.62. The molecular formula is C12H6Cl2N4O2S. The number of carboxylic acid groups (broad SMARTS) is 1. The number of carboxylic acids is 1. The minimum absolute atomic E-state index is 0.0276. The summed E-state index contributed by atoms with van der Waals surface area (Å²) in [5, 5.41) is 12.8. The number of nitrogens with zero attached hydrogens (tertiary/aromatic N) is 3. The van der Waals surface area contributed by atoms with E-state index in [9.17, 15) is 9.90 Å². The molecule has 0 radical (unpaired) electrons. The van der Waals surface area contributed by atoms with Crippen molar-refractivity contribution in [2.24, 2.45) is 0 Å². The van der Waals surface area contributed by atoms with Crippen LogP contribution < -0.4 is 5.32 Å². The van der Waals surface area contributed by atoms with Crippen LogP contribution in [0.1, 0.15) is 10.4 Å². The van der Waals surface area contributed by atoms with Gasteiger partial charge in [0.15, 0.2) is 0 Å². The summed E-state index contributed by atoms with van der Waals surface area (Å²) in [7, 11) is 0. The molecule has 3 aromatic rings. The molecule has 0 aliphatic rings. The van der Waals surface area contributed by atoms with Crippen molar-refractivity contribution < 1.29 is 9.90 Å². The molecule has 0 amide bonds. The van der Waals surface area contributed by atoms with Gasteiger partial charge in [-0.15, -0.1) is 0 Å². The lowest BCUT2D eigenvalue weighted by atomic mass is 10.2. The third-order valence-corrected chi connectivity index (χ3v) is 3.84. The van der Waals surface area contributed by atoms with Gasteiger partial charge in [0.25, 0.3) is 0 Å². The molecule has 6 nitrogen and oxygen atoms in total. The van der Waals surface area contributed by atoms with E-state index < -0.39 is 5.97 Å². The van der Waals surface area contributed by atoms with Crippen LogP contribution in [0, 0.1) is 0 Å². The second kappa shape index (κ2) is 5.44. The fourth-order valence-electron chi connectivity index (χ4n) is 1.79. The molecule has 0 bridgehead atoms. The molecule has 2 heterocycles. The van der Waals surface area contributed by atoms with Crippen molar-refractivity contribution in [3.63, 3.8) is 0 Å². The van der Waals surface area contributed by atoms with E-state index in [0.29, 0.717) is 26.8 Å². The first-order valence-electron chi connectivity index (χ1n) is 5.63. The first-order chi connectivity index (χ1) is 10.1. The third-order valence-electron chi connectivity index (χ3n) is 2.73. The number of hydrogen-bond donors (Lipinski definition) is 2. The quantitative estimate of drug-likeness (QED) is 0.753. The maximum absolute atomic E-state index is 11.2. The summed E-state index contributed by atoms with van der Waals surface area (Å²) in [4.78, 5) is 15.2. The van der Waals surface area contributed by atoms with Crippen molar-refractivity contribution in [1.82, 2.24) is 13.7 Å². The van der Waals surface area contributed by atoms with E-state index in [1.807, 2.05) is 0 Å². The Labute approximate surface area is 132 Å². The van der Waals surface area contributed by atoms with Crippen LogP contribution in [-0.2, 0) is 0 Å². The minimum atomic E-state index is -1.09. The smallest absolute Gasteiger partial charge is 0.339 e. The van der Waals surface area contributed by atoms with Gasteiger partial charge in [-0.1, -0.05) is 23.2 Å². The van der Waals surface area contributed by atoms with Crippen molar-refractivity contribution in [3.05, 3.63) is 40.0 Å². The molecule has 1 aromatic carbocycles. The zero-order valence-corrected chi connectivity index (χ0v) is 12.5. The van der Waals surface area contributed by atoms with E-state index in [-0.39, 0.29) is 11.4 Å². The van der Waals surface area contributed by atoms with Crippen LogP contribution in [0.4, 0.5) is 11.5 Å². The van der Waals surface area contributed by atoms with E-state index in [4.69, 9.17) is 23.2 Å². The maximum Gasteiger partial charge on any atom is 0.339 e. The van der Waals surface area contributed by atoms with Crippen LogP contribution in [-0.4, -0.2) is 24.8 Å². The van der Waals surface area contributed by atoms with Crippen molar-refractivity contribution in [1.29, 1.82) is 0 Å². The van der Waals surface area contributed by atoms with Crippen LogP contribution in [0.3, 0.4) is 0 Å². The fraction of sp³-hybridized carbons (Fsp3) is 0. The molecule has 2 N–H and O–H groups in total. The SMILES string of the molecule is O=C(O)c1cccnc1Nc1c(Cl)cc(Cl)c2nsnc12. The highest BCUT2D eigenvalue weighted by molar-refractivity contribution is 7.00. The van der Waals surface area contributed by atoms with Gasteiger partial charge in [0, 0.05) is 6.20 Å². The summed E-state index contributed by atoms with van der Waals surface area (Å²) in [6.07, 6.45) is 1.48. The summed E-state index contributed by atoms with van der Waals surface area (Å²) in [6, 6.07) is 4.51. The normalized spacial score (nSPS) is 10.8. The Morgan fingerprint density at radius 1 is 1.24 bits per heavy atom. The van der Waals surface area contributed by atoms with Gasteiger partial charge >= 0.3 is 5.97 Å². The number of carbonyl (C=O) groups is 1. The monoisotopic (exact) mass is 340 g/mol. The number of benzene rings is 1. The number of halogens is 2. The number of pyridine rings is 1. The molecule has 0 aliphatic heterocycles. The Morgan fingerprint density at radius 2 is 2.00 bits per heavy atom. The lowest BCUT2D eigenvalue weighted by Crippen LogP contribution is -2.05. The number of aromatic nitrogens is 3. The Bertz CT molecular complexity index is 852. The highest BCUT2D eigenvalue weighted by Crippen LogP contribution is 2.36. The predicted octanol–water partition coefficient (Wildman–Crippen LogP) is 3.83. The summed E-state index contributed by atoms with van der Waals surface area (Å²) in [5.74, 6) is -0.924. The van der Waals surface area contributed by atoms with Crippen molar-refractivity contribution in [3.8, 4) is 0 Å². The Morgan fingerprint density at radius 3 is 2.76 bits per heavy atom. The van der Waals surface area contributed by atoms with E-state index in [0.717, 1.165) is 11.7 Å². The average Bonchev–Trinajstić information content (AvgIpc) is 2.93. The number of aromatic carboxylic acids is 1. The predicted molar refractivity (Wildman–Crippen MR) is 81.9 cm³/mol. The second-order valence-corrected chi connectivity index (χ2v) is 5.35. The van der Waals surface area contributed by atoms with Gasteiger partial charge in [-0.2, -0.15) is 8.75 Å². The molecule has 0 saturated carbocycles. The van der Waals surface area contributed by atoms with E-state index in [1.54, 1.807) is 0 Å². The summed E-state index contributed by atoms with van der Waals surface area (Å²) >= 11 is 13.2. The minimum Gasteiger partial charge on any atom is -0.478 e. The molecule has 0 aliphatic carbocycles. The standard InChI is InChI=1S/C12H6Cl2N4O2S/c13-6-4-7(14)9-10(18-21-17-9)8(6)16-11-5(12(19)20)2-1-3-15-11/h1-4H,(H,15,16)(H,19,20). The summed E-state index contributed by atoms with van der Waals surface area (Å²) < 4.78 is 8.22. The number of hydrogen-bond acceptors (Lipinski definition) is 6. The largest absolute Gasteiger partial charge is 0.478 e. The van der Waals surface area contributed by atoms with Gasteiger partial charge in [-0.3, -0.25) is 0 Å².